The van der Waals surface area contributed by atoms with Gasteiger partial charge in [-0.2, -0.15) is 0 Å². The molecular formula is C32H54N2O5. The van der Waals surface area contributed by atoms with Gasteiger partial charge in [0.05, 0.1) is 12.1 Å². The number of ether oxygens (including phenoxy) is 2. The summed E-state index contributed by atoms with van der Waals surface area (Å²) < 4.78 is 10.9. The maximum absolute atomic E-state index is 12.8. The summed E-state index contributed by atoms with van der Waals surface area (Å²) in [5, 5.41) is 2.82. The Kier molecular flexibility index (Phi) is 20.8. The van der Waals surface area contributed by atoms with E-state index in [2.05, 4.69) is 19.2 Å². The smallest absolute Gasteiger partial charge is 0.305 e. The van der Waals surface area contributed by atoms with Crippen molar-refractivity contribution in [1.82, 2.24) is 5.32 Å². The van der Waals surface area contributed by atoms with Crippen LogP contribution in [-0.2, 0) is 30.3 Å². The first-order valence-corrected chi connectivity index (χ1v) is 15.4. The van der Waals surface area contributed by atoms with Crippen LogP contribution >= 0.6 is 0 Å². The van der Waals surface area contributed by atoms with Gasteiger partial charge in [-0.3, -0.25) is 14.4 Å². The second-order valence-corrected chi connectivity index (χ2v) is 10.6. The van der Waals surface area contributed by atoms with E-state index >= 15 is 0 Å². The Morgan fingerprint density at radius 1 is 0.692 bits per heavy atom. The molecule has 0 bridgehead atoms. The van der Waals surface area contributed by atoms with E-state index in [1.807, 2.05) is 30.3 Å². The van der Waals surface area contributed by atoms with Crippen molar-refractivity contribution >= 4 is 17.8 Å². The van der Waals surface area contributed by atoms with Crippen LogP contribution in [0.15, 0.2) is 30.3 Å². The first-order chi connectivity index (χ1) is 19.0. The van der Waals surface area contributed by atoms with Crippen molar-refractivity contribution in [2.24, 2.45) is 5.73 Å². The molecule has 0 spiro atoms. The molecule has 7 nitrogen and oxygen atoms in total. The summed E-state index contributed by atoms with van der Waals surface area (Å²) in [4.78, 5) is 37.3. The van der Waals surface area contributed by atoms with Crippen LogP contribution in [0.4, 0.5) is 0 Å². The largest absolute Gasteiger partial charge is 0.463 e. The molecule has 1 atom stereocenters. The van der Waals surface area contributed by atoms with Gasteiger partial charge >= 0.3 is 11.9 Å². The van der Waals surface area contributed by atoms with Crippen LogP contribution in [-0.4, -0.2) is 43.1 Å². The Morgan fingerprint density at radius 3 is 1.59 bits per heavy atom. The fraction of sp³-hybridized carbons (Fsp3) is 0.719. The highest BCUT2D eigenvalue weighted by molar-refractivity contribution is 5.82. The Morgan fingerprint density at radius 2 is 1.13 bits per heavy atom. The molecule has 1 aromatic rings. The van der Waals surface area contributed by atoms with Gasteiger partial charge in [0, 0.05) is 12.8 Å². The number of amides is 1. The van der Waals surface area contributed by atoms with Crippen LogP contribution in [0.1, 0.15) is 122 Å². The molecule has 39 heavy (non-hydrogen) atoms. The van der Waals surface area contributed by atoms with Gasteiger partial charge in [0.25, 0.3) is 0 Å². The van der Waals surface area contributed by atoms with E-state index in [9.17, 15) is 14.4 Å². The molecule has 0 saturated carbocycles. The Hall–Kier alpha value is -2.41. The van der Waals surface area contributed by atoms with Crippen molar-refractivity contribution in [3.8, 4) is 0 Å². The zero-order valence-electron chi connectivity index (χ0n) is 24.6. The lowest BCUT2D eigenvalue weighted by molar-refractivity contribution is -0.149. The van der Waals surface area contributed by atoms with Gasteiger partial charge in [0.2, 0.25) is 5.91 Å². The number of hydrogen-bond donors (Lipinski definition) is 2. The molecule has 0 radical (unpaired) electrons. The predicted molar refractivity (Wildman–Crippen MR) is 157 cm³/mol. The number of nitrogens with two attached hydrogens (primary N) is 1. The van der Waals surface area contributed by atoms with Gasteiger partial charge in [0.1, 0.15) is 13.2 Å². The molecule has 0 heterocycles. The van der Waals surface area contributed by atoms with Gasteiger partial charge in [0.15, 0.2) is 0 Å². The highest BCUT2D eigenvalue weighted by Crippen LogP contribution is 2.10. The zero-order valence-corrected chi connectivity index (χ0v) is 24.6. The molecule has 0 fully saturated rings. The van der Waals surface area contributed by atoms with Gasteiger partial charge in [-0.1, -0.05) is 121 Å². The van der Waals surface area contributed by atoms with Gasteiger partial charge in [-0.05, 0) is 24.8 Å². The normalized spacial score (nSPS) is 11.8. The van der Waals surface area contributed by atoms with Crippen molar-refractivity contribution in [1.29, 1.82) is 0 Å². The average Bonchev–Trinajstić information content (AvgIpc) is 2.93. The monoisotopic (exact) mass is 546 g/mol. The van der Waals surface area contributed by atoms with Crippen molar-refractivity contribution in [3.05, 3.63) is 35.9 Å². The topological polar surface area (TPSA) is 108 Å². The average molecular weight is 547 g/mol. The molecule has 0 aromatic heterocycles. The molecule has 0 saturated heterocycles. The highest BCUT2D eigenvalue weighted by atomic mass is 16.5. The predicted octanol–water partition coefficient (Wildman–Crippen LogP) is 6.41. The van der Waals surface area contributed by atoms with Crippen LogP contribution in [0.25, 0.3) is 0 Å². The van der Waals surface area contributed by atoms with Crippen LogP contribution in [0.5, 0.6) is 0 Å². The fourth-order valence-electron chi connectivity index (χ4n) is 4.38. The maximum atomic E-state index is 12.8. The summed E-state index contributed by atoms with van der Waals surface area (Å²) in [7, 11) is 0. The summed E-state index contributed by atoms with van der Waals surface area (Å²) in [6.45, 7) is 4.29. The first-order valence-electron chi connectivity index (χ1n) is 15.4. The van der Waals surface area contributed by atoms with E-state index in [4.69, 9.17) is 15.2 Å². The molecule has 1 aromatic carbocycles. The number of esters is 2. The molecule has 0 aliphatic rings. The number of benzene rings is 1. The molecule has 3 N–H and O–H groups in total. The van der Waals surface area contributed by atoms with E-state index in [1.165, 1.54) is 51.4 Å². The number of carbonyl (C=O) groups is 3. The van der Waals surface area contributed by atoms with E-state index < -0.39 is 12.1 Å². The first kappa shape index (κ1) is 34.6. The Balaban J connectivity index is 2.46. The summed E-state index contributed by atoms with van der Waals surface area (Å²) in [6.07, 6.45) is 16.7. The molecule has 1 amide bonds. The number of unbranched alkanes of at least 4 members (excludes halogenated alkanes) is 12. The minimum absolute atomic E-state index is 0.0517. The number of hydrogen-bond acceptors (Lipinski definition) is 6. The van der Waals surface area contributed by atoms with E-state index in [0.29, 0.717) is 19.3 Å². The van der Waals surface area contributed by atoms with Crippen molar-refractivity contribution < 1.29 is 23.9 Å². The van der Waals surface area contributed by atoms with Gasteiger partial charge in [-0.15, -0.1) is 0 Å². The maximum Gasteiger partial charge on any atom is 0.305 e. The molecule has 0 aliphatic carbocycles. The Labute approximate surface area is 237 Å². The number of nitrogens with one attached hydrogen (secondary N) is 1. The molecule has 1 unspecified atom stereocenters. The minimum Gasteiger partial charge on any atom is -0.463 e. The summed E-state index contributed by atoms with van der Waals surface area (Å²) in [5.41, 5.74) is 7.09. The van der Waals surface area contributed by atoms with Gasteiger partial charge < -0.3 is 20.5 Å². The zero-order chi connectivity index (χ0) is 28.6. The fourth-order valence-corrected chi connectivity index (χ4v) is 4.38. The molecule has 222 valence electrons. The SMILES string of the molecule is CCCCCCCCCC(=O)OCC(COC(=O)CCCCCCCCC)NC(=O)C(N)Cc1ccccc1. The van der Waals surface area contributed by atoms with Crippen LogP contribution < -0.4 is 11.1 Å². The van der Waals surface area contributed by atoms with E-state index in [0.717, 1.165) is 44.1 Å². The number of carbonyl (C=O) groups excluding carboxylic acids is 3. The summed E-state index contributed by atoms with van der Waals surface area (Å²) in [6, 6.07) is 8.14. The second kappa shape index (κ2) is 23.5. The van der Waals surface area contributed by atoms with Crippen molar-refractivity contribution in [2.75, 3.05) is 13.2 Å². The van der Waals surface area contributed by atoms with E-state index in [-0.39, 0.29) is 31.1 Å². The molecule has 7 heteroatoms. The van der Waals surface area contributed by atoms with Crippen LogP contribution in [0.2, 0.25) is 0 Å². The molecule has 1 rings (SSSR count). The van der Waals surface area contributed by atoms with Gasteiger partial charge in [-0.25, -0.2) is 0 Å². The van der Waals surface area contributed by atoms with Crippen molar-refractivity contribution in [3.63, 3.8) is 0 Å². The summed E-state index contributed by atoms with van der Waals surface area (Å²) >= 11 is 0. The quantitative estimate of drug-likeness (QED) is 0.115. The van der Waals surface area contributed by atoms with Crippen LogP contribution in [0.3, 0.4) is 0 Å². The lowest BCUT2D eigenvalue weighted by Gasteiger charge is -2.21. The van der Waals surface area contributed by atoms with Crippen molar-refractivity contribution in [2.45, 2.75) is 135 Å². The molecular weight excluding hydrogens is 492 g/mol. The lowest BCUT2D eigenvalue weighted by atomic mass is 10.1. The molecule has 0 aliphatic heterocycles. The minimum atomic E-state index is -0.762. The highest BCUT2D eigenvalue weighted by Gasteiger charge is 2.21. The van der Waals surface area contributed by atoms with E-state index in [1.54, 1.807) is 0 Å². The Bertz CT molecular complexity index is 737. The third kappa shape index (κ3) is 19.3. The van der Waals surface area contributed by atoms with Crippen LogP contribution in [0, 0.1) is 0 Å². The number of rotatable bonds is 24. The third-order valence-electron chi connectivity index (χ3n) is 6.84. The lowest BCUT2D eigenvalue weighted by Crippen LogP contribution is -2.50. The third-order valence-corrected chi connectivity index (χ3v) is 6.84. The summed E-state index contributed by atoms with van der Waals surface area (Å²) in [5.74, 6) is -0.966. The second-order valence-electron chi connectivity index (χ2n) is 10.6. The standard InChI is InChI=1S/C32H54N2O5/c1-3-5-7-9-11-13-18-22-30(35)38-25-28(26-39-31(36)23-19-14-12-10-8-6-4-2)34-32(37)29(33)24-27-20-16-15-17-21-27/h15-17,20-21,28-29H,3-14,18-19,22-26,33H2,1-2H3,(H,34,37).